The molecule has 2 N–H and O–H groups in total. The summed E-state index contributed by atoms with van der Waals surface area (Å²) in [5, 5.41) is 14.8. The van der Waals surface area contributed by atoms with Crippen molar-refractivity contribution in [1.82, 2.24) is 10.3 Å². The lowest BCUT2D eigenvalue weighted by molar-refractivity contribution is -0.151. The summed E-state index contributed by atoms with van der Waals surface area (Å²) in [6.45, 7) is 2.48. The van der Waals surface area contributed by atoms with Crippen molar-refractivity contribution in [1.29, 1.82) is 0 Å². The zero-order chi connectivity index (χ0) is 17.8. The Labute approximate surface area is 149 Å². The molecule has 1 amide bonds. The third-order valence-corrected chi connectivity index (χ3v) is 4.94. The van der Waals surface area contributed by atoms with E-state index in [1.165, 1.54) is 0 Å². The van der Waals surface area contributed by atoms with Gasteiger partial charge in [-0.1, -0.05) is 24.3 Å². The summed E-state index contributed by atoms with van der Waals surface area (Å²) in [5.41, 5.74) is 3.18. The number of rotatable bonds is 6. The Kier molecular flexibility index (Phi) is 5.45. The Morgan fingerprint density at radius 2 is 2.00 bits per heavy atom. The minimum atomic E-state index is -1.01. The number of carbonyl (C=O) groups excluding carboxylic acids is 1. The average molecular weight is 360 g/mol. The highest BCUT2D eigenvalue weighted by Gasteiger charge is 2.34. The predicted molar refractivity (Wildman–Crippen MR) is 94.5 cm³/mol. The van der Waals surface area contributed by atoms with E-state index in [-0.39, 0.29) is 5.91 Å². The summed E-state index contributed by atoms with van der Waals surface area (Å²) in [5.74, 6) is -1.25. The number of nitrogens with one attached hydrogen (secondary N) is 1. The summed E-state index contributed by atoms with van der Waals surface area (Å²) in [6, 6.07) is 8.12. The van der Waals surface area contributed by atoms with Crippen LogP contribution < -0.4 is 5.32 Å². The van der Waals surface area contributed by atoms with Gasteiger partial charge in [0.2, 0.25) is 5.91 Å². The van der Waals surface area contributed by atoms with Crippen LogP contribution in [0.2, 0.25) is 0 Å². The van der Waals surface area contributed by atoms with Crippen LogP contribution in [-0.4, -0.2) is 40.7 Å². The summed E-state index contributed by atoms with van der Waals surface area (Å²) in [7, 11) is 0. The van der Waals surface area contributed by atoms with Crippen LogP contribution >= 0.6 is 11.3 Å². The molecule has 7 heteroatoms. The molecule has 3 rings (SSSR count). The lowest BCUT2D eigenvalue weighted by Gasteiger charge is -2.11. The quantitative estimate of drug-likeness (QED) is 0.826. The molecule has 1 aliphatic heterocycles. The number of hydrogen-bond acceptors (Lipinski definition) is 5. The van der Waals surface area contributed by atoms with Crippen molar-refractivity contribution in [3.05, 3.63) is 40.2 Å². The average Bonchev–Trinajstić information content (AvgIpc) is 3.24. The molecule has 6 nitrogen and oxygen atoms in total. The maximum Gasteiger partial charge on any atom is 0.332 e. The van der Waals surface area contributed by atoms with E-state index >= 15 is 0 Å². The largest absolute Gasteiger partial charge is 0.479 e. The highest BCUT2D eigenvalue weighted by molar-refractivity contribution is 7.09. The predicted octanol–water partition coefficient (Wildman–Crippen LogP) is 2.41. The number of carboxylic acid groups (broad SMARTS) is 1. The van der Waals surface area contributed by atoms with E-state index in [9.17, 15) is 9.59 Å². The number of amides is 1. The molecule has 1 saturated heterocycles. The van der Waals surface area contributed by atoms with E-state index in [1.54, 1.807) is 11.3 Å². The molecule has 1 fully saturated rings. The molecule has 0 saturated carbocycles. The lowest BCUT2D eigenvalue weighted by Crippen LogP contribution is -2.36. The van der Waals surface area contributed by atoms with Gasteiger partial charge in [0.15, 0.2) is 6.10 Å². The monoisotopic (exact) mass is 360 g/mol. The maximum atomic E-state index is 12.0. The number of thiazole rings is 1. The first-order valence-corrected chi connectivity index (χ1v) is 9.08. The van der Waals surface area contributed by atoms with Crippen molar-refractivity contribution in [3.8, 4) is 11.3 Å². The number of carboxylic acids is 1. The maximum absolute atomic E-state index is 12.0. The normalized spacial score (nSPS) is 19.7. The first kappa shape index (κ1) is 17.6. The third-order valence-electron chi connectivity index (χ3n) is 4.17. The first-order chi connectivity index (χ1) is 12.0. The molecule has 132 valence electrons. The molecule has 1 aromatic heterocycles. The van der Waals surface area contributed by atoms with E-state index < -0.39 is 18.2 Å². The van der Waals surface area contributed by atoms with Gasteiger partial charge in [-0.05, 0) is 31.7 Å². The molecule has 2 heterocycles. The summed E-state index contributed by atoms with van der Waals surface area (Å²) in [4.78, 5) is 27.3. The number of carbonyl (C=O) groups is 2. The first-order valence-electron chi connectivity index (χ1n) is 8.20. The van der Waals surface area contributed by atoms with Gasteiger partial charge in [-0.3, -0.25) is 4.79 Å². The van der Waals surface area contributed by atoms with Gasteiger partial charge >= 0.3 is 5.97 Å². The van der Waals surface area contributed by atoms with Gasteiger partial charge < -0.3 is 15.2 Å². The van der Waals surface area contributed by atoms with Crippen LogP contribution in [0.5, 0.6) is 0 Å². The van der Waals surface area contributed by atoms with Crippen molar-refractivity contribution in [2.45, 2.75) is 38.4 Å². The highest BCUT2D eigenvalue weighted by atomic mass is 32.1. The Balaban J connectivity index is 1.46. The molecule has 2 aromatic rings. The van der Waals surface area contributed by atoms with Crippen molar-refractivity contribution in [2.75, 3.05) is 6.54 Å². The fourth-order valence-corrected chi connectivity index (χ4v) is 3.42. The number of ether oxygens (including phenoxy) is 1. The van der Waals surface area contributed by atoms with Gasteiger partial charge in [0.05, 0.1) is 10.7 Å². The number of aliphatic carboxylic acids is 1. The molecule has 1 aliphatic rings. The van der Waals surface area contributed by atoms with E-state index in [1.807, 2.05) is 36.6 Å². The second kappa shape index (κ2) is 7.76. The zero-order valence-corrected chi connectivity index (χ0v) is 14.7. The van der Waals surface area contributed by atoms with Crippen LogP contribution in [0.3, 0.4) is 0 Å². The summed E-state index contributed by atoms with van der Waals surface area (Å²) < 4.78 is 5.24. The van der Waals surface area contributed by atoms with Gasteiger partial charge in [-0.25, -0.2) is 9.78 Å². The Morgan fingerprint density at radius 3 is 2.60 bits per heavy atom. The van der Waals surface area contributed by atoms with Crippen LogP contribution in [0.1, 0.15) is 23.4 Å². The molecule has 1 aromatic carbocycles. The standard InChI is InChI=1S/C18H20N2O4S/c1-11-20-14(10-25-11)13-4-2-12(3-5-13)8-9-19-17(21)15-6-7-16(24-15)18(22)23/h2-5,10,15-16H,6-9H2,1H3,(H,19,21)(H,22,23)/t15-,16+/m0/s1. The number of aromatic nitrogens is 1. The van der Waals surface area contributed by atoms with Gasteiger partial charge in [0.1, 0.15) is 6.10 Å². The second-order valence-electron chi connectivity index (χ2n) is 6.02. The van der Waals surface area contributed by atoms with Gasteiger partial charge in [0.25, 0.3) is 0 Å². The minimum absolute atomic E-state index is 0.238. The minimum Gasteiger partial charge on any atom is -0.479 e. The van der Waals surface area contributed by atoms with Crippen molar-refractivity contribution >= 4 is 23.2 Å². The fraction of sp³-hybridized carbons (Fsp3) is 0.389. The van der Waals surface area contributed by atoms with Crippen molar-refractivity contribution < 1.29 is 19.4 Å². The van der Waals surface area contributed by atoms with E-state index in [4.69, 9.17) is 9.84 Å². The topological polar surface area (TPSA) is 88.5 Å². The molecule has 0 bridgehead atoms. The van der Waals surface area contributed by atoms with E-state index in [0.717, 1.165) is 21.8 Å². The van der Waals surface area contributed by atoms with Crippen LogP contribution in [0.25, 0.3) is 11.3 Å². The molecule has 25 heavy (non-hydrogen) atoms. The molecule has 0 aliphatic carbocycles. The van der Waals surface area contributed by atoms with Crippen LogP contribution in [0.15, 0.2) is 29.6 Å². The summed E-state index contributed by atoms with van der Waals surface area (Å²) in [6.07, 6.45) is 0.0150. The smallest absolute Gasteiger partial charge is 0.332 e. The molecule has 0 radical (unpaired) electrons. The molecule has 0 unspecified atom stereocenters. The Hall–Kier alpha value is -2.25. The molecule has 2 atom stereocenters. The van der Waals surface area contributed by atoms with Crippen LogP contribution in [0, 0.1) is 6.92 Å². The van der Waals surface area contributed by atoms with E-state index in [2.05, 4.69) is 10.3 Å². The fourth-order valence-electron chi connectivity index (χ4n) is 2.79. The molecule has 0 spiro atoms. The number of aryl methyl sites for hydroxylation is 1. The number of hydrogen-bond donors (Lipinski definition) is 2. The van der Waals surface area contributed by atoms with E-state index in [0.29, 0.717) is 25.8 Å². The van der Waals surface area contributed by atoms with Crippen molar-refractivity contribution in [3.63, 3.8) is 0 Å². The summed E-state index contributed by atoms with van der Waals surface area (Å²) >= 11 is 1.63. The SMILES string of the molecule is Cc1nc(-c2ccc(CCNC(=O)[C@@H]3CC[C@H](C(=O)O)O3)cc2)cs1. The highest BCUT2D eigenvalue weighted by Crippen LogP contribution is 2.22. The Bertz CT molecular complexity index is 757. The number of benzene rings is 1. The number of nitrogens with zero attached hydrogens (tertiary/aromatic N) is 1. The molecular formula is C18H20N2O4S. The van der Waals surface area contributed by atoms with Gasteiger partial charge in [-0.2, -0.15) is 0 Å². The Morgan fingerprint density at radius 1 is 1.28 bits per heavy atom. The van der Waals surface area contributed by atoms with Crippen LogP contribution in [-0.2, 0) is 20.7 Å². The molecular weight excluding hydrogens is 340 g/mol. The van der Waals surface area contributed by atoms with Crippen LogP contribution in [0.4, 0.5) is 0 Å². The lowest BCUT2D eigenvalue weighted by atomic mass is 10.1. The second-order valence-corrected chi connectivity index (χ2v) is 7.08. The third kappa shape index (κ3) is 4.43. The zero-order valence-electron chi connectivity index (χ0n) is 13.9. The van der Waals surface area contributed by atoms with Gasteiger partial charge in [0, 0.05) is 17.5 Å². The van der Waals surface area contributed by atoms with Gasteiger partial charge in [-0.15, -0.1) is 11.3 Å². The van der Waals surface area contributed by atoms with Crippen molar-refractivity contribution in [2.24, 2.45) is 0 Å².